The third kappa shape index (κ3) is 6.36. The van der Waals surface area contributed by atoms with Gasteiger partial charge in [0.15, 0.2) is 0 Å². The van der Waals surface area contributed by atoms with Crippen LogP contribution in [0.4, 0.5) is 10.6 Å². The highest BCUT2D eigenvalue weighted by Crippen LogP contribution is 2.41. The van der Waals surface area contributed by atoms with Crippen LogP contribution in [-0.2, 0) is 9.59 Å². The van der Waals surface area contributed by atoms with E-state index in [0.29, 0.717) is 6.42 Å². The highest BCUT2D eigenvalue weighted by atomic mass is 32.1. The van der Waals surface area contributed by atoms with Crippen LogP contribution in [0.2, 0.25) is 0 Å². The van der Waals surface area contributed by atoms with Crippen LogP contribution in [0.15, 0.2) is 54.0 Å². The van der Waals surface area contributed by atoms with Gasteiger partial charge in [0, 0.05) is 10.9 Å². The van der Waals surface area contributed by atoms with E-state index in [1.54, 1.807) is 11.3 Å². The lowest BCUT2D eigenvalue weighted by Gasteiger charge is -2.42. The van der Waals surface area contributed by atoms with E-state index < -0.39 is 35.3 Å². The van der Waals surface area contributed by atoms with Crippen LogP contribution in [-0.4, -0.2) is 44.0 Å². The fourth-order valence-electron chi connectivity index (χ4n) is 4.26. The number of rotatable bonds is 10. The molecule has 1 aromatic carbocycles. The number of aromatic nitrogens is 2. The van der Waals surface area contributed by atoms with Crippen LogP contribution in [0.25, 0.3) is 10.4 Å². The number of amides is 2. The number of hydrogen-bond donors (Lipinski definition) is 3. The first-order valence-corrected chi connectivity index (χ1v) is 12.5. The number of aromatic amines is 1. The lowest BCUT2D eigenvalue weighted by Crippen LogP contribution is -2.52. The van der Waals surface area contributed by atoms with Gasteiger partial charge in [0.25, 0.3) is 5.91 Å². The van der Waals surface area contributed by atoms with E-state index in [2.05, 4.69) is 15.5 Å². The number of nitrogens with zero attached hydrogens (tertiary/aromatic N) is 2. The second-order valence-electron chi connectivity index (χ2n) is 9.51. The van der Waals surface area contributed by atoms with Crippen molar-refractivity contribution in [1.29, 1.82) is 0 Å². The van der Waals surface area contributed by atoms with E-state index in [1.807, 2.05) is 69.5 Å². The summed E-state index contributed by atoms with van der Waals surface area (Å²) in [5.74, 6) is -1.39. The molecule has 2 aromatic heterocycles. The molecule has 0 fully saturated rings. The van der Waals surface area contributed by atoms with Gasteiger partial charge in [-0.2, -0.15) is 5.10 Å². The first-order chi connectivity index (χ1) is 16.6. The molecule has 0 saturated carbocycles. The molecule has 3 rings (SSSR count). The van der Waals surface area contributed by atoms with Gasteiger partial charge in [0.2, 0.25) is 5.78 Å². The minimum absolute atomic E-state index is 0.245. The molecule has 0 radical (unpaired) electrons. The molecule has 0 bridgehead atoms. The molecule has 0 aliphatic heterocycles. The van der Waals surface area contributed by atoms with Crippen LogP contribution >= 0.6 is 11.3 Å². The molecule has 1 unspecified atom stereocenters. The molecule has 2 heterocycles. The van der Waals surface area contributed by atoms with Crippen molar-refractivity contribution in [3.63, 3.8) is 0 Å². The van der Waals surface area contributed by atoms with Crippen molar-refractivity contribution in [3.8, 4) is 10.4 Å². The van der Waals surface area contributed by atoms with E-state index in [-0.39, 0.29) is 12.2 Å². The van der Waals surface area contributed by atoms with Crippen LogP contribution in [0.3, 0.4) is 0 Å². The monoisotopic (exact) mass is 496 g/mol. The Morgan fingerprint density at radius 2 is 1.94 bits per heavy atom. The molecular formula is C26H32N4O4S. The molecule has 3 aromatic rings. The van der Waals surface area contributed by atoms with E-state index >= 15 is 0 Å². The average Bonchev–Trinajstić information content (AvgIpc) is 3.52. The summed E-state index contributed by atoms with van der Waals surface area (Å²) in [6.45, 7) is 7.79. The van der Waals surface area contributed by atoms with Crippen LogP contribution in [0.5, 0.6) is 0 Å². The summed E-state index contributed by atoms with van der Waals surface area (Å²) in [6.07, 6.45) is 1.82. The van der Waals surface area contributed by atoms with Gasteiger partial charge in [-0.15, -0.1) is 11.3 Å². The van der Waals surface area contributed by atoms with Crippen molar-refractivity contribution in [3.05, 3.63) is 59.6 Å². The molecule has 2 atom stereocenters. The van der Waals surface area contributed by atoms with Gasteiger partial charge in [-0.25, -0.2) is 4.79 Å². The van der Waals surface area contributed by atoms with Crippen molar-refractivity contribution in [1.82, 2.24) is 15.1 Å². The normalized spacial score (nSPS) is 13.1. The zero-order chi connectivity index (χ0) is 25.6. The highest BCUT2D eigenvalue weighted by molar-refractivity contribution is 7.13. The number of unbranched alkanes of at least 4 members (excludes halogenated alkanes) is 1. The van der Waals surface area contributed by atoms with Crippen LogP contribution < -0.4 is 5.32 Å². The molecule has 8 nitrogen and oxygen atoms in total. The van der Waals surface area contributed by atoms with Crippen molar-refractivity contribution in [2.24, 2.45) is 5.41 Å². The number of carbonyl (C=O) groups is 3. The van der Waals surface area contributed by atoms with Gasteiger partial charge in [0.05, 0.1) is 12.2 Å². The number of carbonyl (C=O) groups excluding carboxylic acids is 2. The first-order valence-electron chi connectivity index (χ1n) is 11.6. The maximum Gasteiger partial charge on any atom is 0.408 e. The zero-order valence-corrected chi connectivity index (χ0v) is 21.3. The SMILES string of the molecule is CCCC[C@@H](C(=O)C(=O)Nc1ccn[nH]1)N(C(=O)O)C(c1cccc(-c2cccs2)c1)C(C)(C)C. The second kappa shape index (κ2) is 11.3. The minimum Gasteiger partial charge on any atom is -0.465 e. The van der Waals surface area contributed by atoms with E-state index in [4.69, 9.17) is 0 Å². The minimum atomic E-state index is -1.24. The Bertz CT molecular complexity index is 1140. The molecule has 35 heavy (non-hydrogen) atoms. The summed E-state index contributed by atoms with van der Waals surface area (Å²) >= 11 is 1.60. The average molecular weight is 497 g/mol. The Morgan fingerprint density at radius 1 is 1.17 bits per heavy atom. The maximum atomic E-state index is 13.4. The van der Waals surface area contributed by atoms with Crippen molar-refractivity contribution < 1.29 is 19.5 Å². The number of carboxylic acid groups (broad SMARTS) is 1. The maximum absolute atomic E-state index is 13.4. The number of H-pyrrole nitrogens is 1. The molecule has 0 saturated heterocycles. The summed E-state index contributed by atoms with van der Waals surface area (Å²) < 4.78 is 0. The van der Waals surface area contributed by atoms with Gasteiger partial charge in [-0.3, -0.25) is 19.6 Å². The number of Topliss-reactive ketones (excluding diaryl/α,β-unsaturated/α-hetero) is 1. The third-order valence-electron chi connectivity index (χ3n) is 5.77. The number of thiophene rings is 1. The van der Waals surface area contributed by atoms with E-state index in [0.717, 1.165) is 22.4 Å². The molecule has 2 amide bonds. The Balaban J connectivity index is 2.04. The standard InChI is InChI=1S/C26H32N4O4S/c1-5-6-11-19(22(31)24(32)28-21-13-14-27-29-21)30(25(33)34)23(26(2,3)4)18-10-7-9-17(16-18)20-12-8-15-35-20/h7-10,12-16,19,23H,5-6,11H2,1-4H3,(H,33,34)(H2,27,28,29,32)/t19-,23?/m0/s1. The predicted molar refractivity (Wildman–Crippen MR) is 137 cm³/mol. The van der Waals surface area contributed by atoms with Gasteiger partial charge >= 0.3 is 6.09 Å². The number of hydrogen-bond acceptors (Lipinski definition) is 5. The van der Waals surface area contributed by atoms with Gasteiger partial charge in [-0.1, -0.05) is 64.8 Å². The predicted octanol–water partition coefficient (Wildman–Crippen LogP) is 5.97. The summed E-state index contributed by atoms with van der Waals surface area (Å²) in [7, 11) is 0. The number of nitrogens with one attached hydrogen (secondary N) is 2. The van der Waals surface area contributed by atoms with E-state index in [9.17, 15) is 19.5 Å². The molecule has 0 aliphatic rings. The first kappa shape index (κ1) is 26.2. The summed E-state index contributed by atoms with van der Waals surface area (Å²) in [6, 6.07) is 11.5. The Hall–Kier alpha value is -3.46. The third-order valence-corrected chi connectivity index (χ3v) is 6.69. The van der Waals surface area contributed by atoms with E-state index in [1.165, 1.54) is 17.2 Å². The highest BCUT2D eigenvalue weighted by Gasteiger charge is 2.43. The largest absolute Gasteiger partial charge is 0.465 e. The van der Waals surface area contributed by atoms with Gasteiger partial charge < -0.3 is 10.4 Å². The number of benzene rings is 1. The number of anilines is 1. The van der Waals surface area contributed by atoms with Crippen LogP contribution in [0, 0.1) is 5.41 Å². The Labute approximate surface area is 209 Å². The van der Waals surface area contributed by atoms with Crippen molar-refractivity contribution in [2.45, 2.75) is 59.0 Å². The van der Waals surface area contributed by atoms with Crippen molar-refractivity contribution >= 4 is 34.9 Å². The lowest BCUT2D eigenvalue weighted by molar-refractivity contribution is -0.139. The molecular weight excluding hydrogens is 464 g/mol. The van der Waals surface area contributed by atoms with Gasteiger partial charge in [-0.05, 0) is 40.5 Å². The summed E-state index contributed by atoms with van der Waals surface area (Å²) in [5, 5.41) is 21.2. The Kier molecular flexibility index (Phi) is 8.45. The summed E-state index contributed by atoms with van der Waals surface area (Å²) in [5.41, 5.74) is 1.19. The topological polar surface area (TPSA) is 115 Å². The van der Waals surface area contributed by atoms with Crippen molar-refractivity contribution in [2.75, 3.05) is 5.32 Å². The molecule has 0 spiro atoms. The molecule has 0 aliphatic carbocycles. The fourth-order valence-corrected chi connectivity index (χ4v) is 4.99. The molecule has 186 valence electrons. The smallest absolute Gasteiger partial charge is 0.408 e. The fraction of sp³-hybridized carbons (Fsp3) is 0.385. The summed E-state index contributed by atoms with van der Waals surface area (Å²) in [4.78, 5) is 41.2. The van der Waals surface area contributed by atoms with Crippen LogP contribution in [0.1, 0.15) is 58.6 Å². The number of ketones is 1. The lowest BCUT2D eigenvalue weighted by atomic mass is 9.79. The zero-order valence-electron chi connectivity index (χ0n) is 20.4. The molecule has 9 heteroatoms. The molecule has 3 N–H and O–H groups in total. The quantitative estimate of drug-likeness (QED) is 0.299. The second-order valence-corrected chi connectivity index (χ2v) is 10.5. The Morgan fingerprint density at radius 3 is 2.51 bits per heavy atom. The van der Waals surface area contributed by atoms with Gasteiger partial charge in [0.1, 0.15) is 11.9 Å².